The van der Waals surface area contributed by atoms with Crippen molar-refractivity contribution in [2.24, 2.45) is 5.92 Å². The summed E-state index contributed by atoms with van der Waals surface area (Å²) in [6.45, 7) is 9.77. The maximum Gasteiger partial charge on any atom is 0.225 e. The molecule has 1 aliphatic heterocycles. The van der Waals surface area contributed by atoms with Crippen molar-refractivity contribution in [3.8, 4) is 11.3 Å². The average molecular weight is 381 g/mol. The molecule has 1 amide bonds. The number of aromatic nitrogens is 2. The molecule has 1 aliphatic rings. The molecule has 3 rings (SSSR count). The number of hydrogen-bond donors (Lipinski definition) is 0. The highest BCUT2D eigenvalue weighted by molar-refractivity contribution is 5.79. The molecule has 5 nitrogen and oxygen atoms in total. The van der Waals surface area contributed by atoms with Crippen LogP contribution >= 0.6 is 0 Å². The Morgan fingerprint density at radius 3 is 2.64 bits per heavy atom. The molecule has 5 heteroatoms. The van der Waals surface area contributed by atoms with Gasteiger partial charge >= 0.3 is 0 Å². The molecule has 0 aliphatic carbocycles. The van der Waals surface area contributed by atoms with Crippen LogP contribution in [0, 0.1) is 12.8 Å². The van der Waals surface area contributed by atoms with Gasteiger partial charge in [-0.05, 0) is 39.2 Å². The Hall–Kier alpha value is -2.43. The molecule has 0 unspecified atom stereocenters. The van der Waals surface area contributed by atoms with E-state index in [1.165, 1.54) is 5.56 Å². The number of nitrogens with zero attached hydrogens (tertiary/aromatic N) is 4. The number of anilines is 1. The van der Waals surface area contributed by atoms with E-state index in [9.17, 15) is 4.79 Å². The summed E-state index contributed by atoms with van der Waals surface area (Å²) in [5, 5.41) is 0. The Morgan fingerprint density at radius 1 is 1.18 bits per heavy atom. The molecule has 1 fully saturated rings. The summed E-state index contributed by atoms with van der Waals surface area (Å²) in [6.07, 6.45) is 5.64. The number of benzene rings is 1. The summed E-state index contributed by atoms with van der Waals surface area (Å²) in [4.78, 5) is 26.1. The van der Waals surface area contributed by atoms with Crippen molar-refractivity contribution in [3.63, 3.8) is 0 Å². The van der Waals surface area contributed by atoms with Crippen molar-refractivity contribution in [2.45, 2.75) is 46.5 Å². The maximum atomic E-state index is 12.8. The van der Waals surface area contributed by atoms with Crippen LogP contribution in [0.15, 0.2) is 36.7 Å². The van der Waals surface area contributed by atoms with Gasteiger partial charge in [-0.15, -0.1) is 0 Å². The lowest BCUT2D eigenvalue weighted by Crippen LogP contribution is -2.43. The Balaban J connectivity index is 1.63. The third-order valence-corrected chi connectivity index (χ3v) is 5.61. The average Bonchev–Trinajstić information content (AvgIpc) is 2.74. The lowest BCUT2D eigenvalue weighted by Gasteiger charge is -2.34. The zero-order valence-electron chi connectivity index (χ0n) is 17.4. The van der Waals surface area contributed by atoms with Gasteiger partial charge in [-0.25, -0.2) is 9.97 Å². The summed E-state index contributed by atoms with van der Waals surface area (Å²) in [6, 6.07) is 10.4. The minimum atomic E-state index is 0.145. The van der Waals surface area contributed by atoms with Gasteiger partial charge in [0.1, 0.15) is 12.1 Å². The Kier molecular flexibility index (Phi) is 7.01. The van der Waals surface area contributed by atoms with Gasteiger partial charge in [0, 0.05) is 43.7 Å². The van der Waals surface area contributed by atoms with Crippen LogP contribution in [0.2, 0.25) is 0 Å². The van der Waals surface area contributed by atoms with Gasteiger partial charge in [0.05, 0.1) is 5.69 Å². The highest BCUT2D eigenvalue weighted by Gasteiger charge is 2.28. The first-order chi connectivity index (χ1) is 13.6. The second kappa shape index (κ2) is 9.67. The molecule has 150 valence electrons. The van der Waals surface area contributed by atoms with E-state index in [2.05, 4.69) is 66.0 Å². The molecule has 0 bridgehead atoms. The molecule has 0 spiro atoms. The van der Waals surface area contributed by atoms with Crippen LogP contribution in [0.4, 0.5) is 5.82 Å². The monoisotopic (exact) mass is 380 g/mol. The maximum absolute atomic E-state index is 12.8. The van der Waals surface area contributed by atoms with Gasteiger partial charge in [-0.2, -0.15) is 0 Å². The lowest BCUT2D eigenvalue weighted by atomic mass is 9.95. The van der Waals surface area contributed by atoms with E-state index in [-0.39, 0.29) is 5.92 Å². The number of piperidine rings is 1. The smallest absolute Gasteiger partial charge is 0.225 e. The van der Waals surface area contributed by atoms with Crippen molar-refractivity contribution < 1.29 is 4.79 Å². The SMILES string of the molecule is CCCCN(CC)C(=O)C1CCN(c2cc(-c3cccc(C)c3)ncn2)CC1. The summed E-state index contributed by atoms with van der Waals surface area (Å²) >= 11 is 0. The zero-order valence-corrected chi connectivity index (χ0v) is 17.4. The van der Waals surface area contributed by atoms with E-state index in [1.807, 2.05) is 4.90 Å². The molecule has 1 saturated heterocycles. The molecule has 2 heterocycles. The third kappa shape index (κ3) is 4.89. The first-order valence-electron chi connectivity index (χ1n) is 10.5. The van der Waals surface area contributed by atoms with E-state index < -0.39 is 0 Å². The van der Waals surface area contributed by atoms with E-state index in [0.29, 0.717) is 5.91 Å². The van der Waals surface area contributed by atoms with Crippen LogP contribution in [-0.2, 0) is 4.79 Å². The Bertz CT molecular complexity index is 784. The van der Waals surface area contributed by atoms with Gasteiger partial charge < -0.3 is 9.80 Å². The molecular weight excluding hydrogens is 348 g/mol. The summed E-state index contributed by atoms with van der Waals surface area (Å²) in [7, 11) is 0. The minimum Gasteiger partial charge on any atom is -0.356 e. The molecule has 0 atom stereocenters. The Morgan fingerprint density at radius 2 is 1.96 bits per heavy atom. The molecular formula is C23H32N4O. The number of aryl methyl sites for hydroxylation is 1. The number of carbonyl (C=O) groups excluding carboxylic acids is 1. The molecule has 0 N–H and O–H groups in total. The molecule has 28 heavy (non-hydrogen) atoms. The fourth-order valence-corrected chi connectivity index (χ4v) is 3.87. The third-order valence-electron chi connectivity index (χ3n) is 5.61. The van der Waals surface area contributed by atoms with Crippen molar-refractivity contribution >= 4 is 11.7 Å². The van der Waals surface area contributed by atoms with Gasteiger partial charge in [0.15, 0.2) is 0 Å². The van der Waals surface area contributed by atoms with Crippen LogP contribution in [0.25, 0.3) is 11.3 Å². The highest BCUT2D eigenvalue weighted by Crippen LogP contribution is 2.26. The number of amides is 1. The van der Waals surface area contributed by atoms with Crippen LogP contribution in [-0.4, -0.2) is 47.0 Å². The van der Waals surface area contributed by atoms with Gasteiger partial charge in [-0.1, -0.05) is 37.1 Å². The second-order valence-corrected chi connectivity index (χ2v) is 7.66. The number of unbranched alkanes of at least 4 members (excludes halogenated alkanes) is 1. The molecule has 0 saturated carbocycles. The molecule has 0 radical (unpaired) electrons. The normalized spacial score (nSPS) is 14.9. The topological polar surface area (TPSA) is 49.3 Å². The molecule has 1 aromatic heterocycles. The first-order valence-corrected chi connectivity index (χ1v) is 10.5. The first kappa shape index (κ1) is 20.3. The van der Waals surface area contributed by atoms with Crippen molar-refractivity contribution in [1.82, 2.24) is 14.9 Å². The number of carbonyl (C=O) groups is 1. The van der Waals surface area contributed by atoms with E-state index in [1.54, 1.807) is 6.33 Å². The van der Waals surface area contributed by atoms with Crippen molar-refractivity contribution in [2.75, 3.05) is 31.1 Å². The van der Waals surface area contributed by atoms with Gasteiger partial charge in [-0.3, -0.25) is 4.79 Å². The van der Waals surface area contributed by atoms with Crippen LogP contribution in [0.1, 0.15) is 45.1 Å². The molecule has 1 aromatic carbocycles. The van der Waals surface area contributed by atoms with Crippen LogP contribution in [0.5, 0.6) is 0 Å². The van der Waals surface area contributed by atoms with E-state index in [4.69, 9.17) is 0 Å². The zero-order chi connectivity index (χ0) is 19.9. The summed E-state index contributed by atoms with van der Waals surface area (Å²) in [5.74, 6) is 1.43. The van der Waals surface area contributed by atoms with Gasteiger partial charge in [0.25, 0.3) is 0 Å². The van der Waals surface area contributed by atoms with Crippen molar-refractivity contribution in [3.05, 3.63) is 42.2 Å². The van der Waals surface area contributed by atoms with Crippen LogP contribution in [0.3, 0.4) is 0 Å². The summed E-state index contributed by atoms with van der Waals surface area (Å²) < 4.78 is 0. The number of rotatable bonds is 7. The Labute approximate surface area is 168 Å². The fraction of sp³-hybridized carbons (Fsp3) is 0.522. The number of hydrogen-bond acceptors (Lipinski definition) is 4. The minimum absolute atomic E-state index is 0.145. The summed E-state index contributed by atoms with van der Waals surface area (Å²) in [5.41, 5.74) is 3.28. The molecule has 2 aromatic rings. The predicted octanol–water partition coefficient (Wildman–Crippen LogP) is 4.32. The highest BCUT2D eigenvalue weighted by atomic mass is 16.2. The fourth-order valence-electron chi connectivity index (χ4n) is 3.87. The van der Waals surface area contributed by atoms with E-state index >= 15 is 0 Å². The van der Waals surface area contributed by atoms with Gasteiger partial charge in [0.2, 0.25) is 5.91 Å². The quantitative estimate of drug-likeness (QED) is 0.718. The van der Waals surface area contributed by atoms with E-state index in [0.717, 1.165) is 68.9 Å². The lowest BCUT2D eigenvalue weighted by molar-refractivity contribution is -0.136. The standard InChI is InChI=1S/C23H32N4O/c1-4-6-12-26(5-2)23(28)19-10-13-27(14-11-19)22-16-21(24-17-25-22)20-9-7-8-18(3)15-20/h7-9,15-17,19H,4-6,10-14H2,1-3H3. The second-order valence-electron chi connectivity index (χ2n) is 7.66. The largest absolute Gasteiger partial charge is 0.356 e. The predicted molar refractivity (Wildman–Crippen MR) is 114 cm³/mol. The van der Waals surface area contributed by atoms with Crippen molar-refractivity contribution in [1.29, 1.82) is 0 Å². The van der Waals surface area contributed by atoms with Crippen LogP contribution < -0.4 is 4.90 Å².